The first-order valence-corrected chi connectivity index (χ1v) is 5.30. The van der Waals surface area contributed by atoms with E-state index in [1.54, 1.807) is 0 Å². The molecule has 1 unspecified atom stereocenters. The quantitative estimate of drug-likeness (QED) is 0.843. The van der Waals surface area contributed by atoms with Crippen molar-refractivity contribution in [2.24, 2.45) is 5.73 Å². The molecule has 0 aliphatic rings. The normalized spacial score (nSPS) is 12.9. The summed E-state index contributed by atoms with van der Waals surface area (Å²) in [4.78, 5) is 0. The SMILES string of the molecule is CCC(N)Cc1ccc(I)cc1. The van der Waals surface area contributed by atoms with Crippen molar-refractivity contribution in [1.29, 1.82) is 0 Å². The van der Waals surface area contributed by atoms with Crippen LogP contribution >= 0.6 is 22.6 Å². The molecule has 0 aromatic heterocycles. The highest BCUT2D eigenvalue weighted by Crippen LogP contribution is 2.08. The number of halogens is 1. The predicted octanol–water partition coefficient (Wildman–Crippen LogP) is 2.57. The van der Waals surface area contributed by atoms with Crippen molar-refractivity contribution < 1.29 is 0 Å². The monoisotopic (exact) mass is 275 g/mol. The molecule has 66 valence electrons. The summed E-state index contributed by atoms with van der Waals surface area (Å²) in [6, 6.07) is 8.86. The molecule has 1 aromatic rings. The van der Waals surface area contributed by atoms with E-state index in [-0.39, 0.29) is 0 Å². The van der Waals surface area contributed by atoms with Crippen LogP contribution in [0.5, 0.6) is 0 Å². The smallest absolute Gasteiger partial charge is 0.0130 e. The molecule has 1 atom stereocenters. The van der Waals surface area contributed by atoms with Crippen molar-refractivity contribution in [3.05, 3.63) is 33.4 Å². The molecule has 0 spiro atoms. The van der Waals surface area contributed by atoms with Gasteiger partial charge in [0.15, 0.2) is 0 Å². The van der Waals surface area contributed by atoms with Crippen LogP contribution in [0.25, 0.3) is 0 Å². The number of hydrogen-bond donors (Lipinski definition) is 1. The average Bonchev–Trinajstić information content (AvgIpc) is 2.09. The Labute approximate surface area is 87.5 Å². The lowest BCUT2D eigenvalue weighted by molar-refractivity contribution is 0.646. The molecule has 0 saturated heterocycles. The summed E-state index contributed by atoms with van der Waals surface area (Å²) in [6.45, 7) is 2.12. The number of nitrogens with two attached hydrogens (primary N) is 1. The first-order chi connectivity index (χ1) is 5.72. The molecule has 2 N–H and O–H groups in total. The van der Waals surface area contributed by atoms with Gasteiger partial charge in [-0.05, 0) is 53.1 Å². The van der Waals surface area contributed by atoms with Gasteiger partial charge in [0.2, 0.25) is 0 Å². The lowest BCUT2D eigenvalue weighted by atomic mass is 10.1. The highest BCUT2D eigenvalue weighted by molar-refractivity contribution is 14.1. The highest BCUT2D eigenvalue weighted by Gasteiger charge is 2.00. The lowest BCUT2D eigenvalue weighted by Gasteiger charge is -2.07. The third-order valence-electron chi connectivity index (χ3n) is 1.94. The first kappa shape index (κ1) is 9.99. The standard InChI is InChI=1S/C10H14IN/c1-2-10(12)7-8-3-5-9(11)6-4-8/h3-6,10H,2,7,12H2,1H3. The first-order valence-electron chi connectivity index (χ1n) is 4.22. The van der Waals surface area contributed by atoms with Gasteiger partial charge in [-0.1, -0.05) is 19.1 Å². The summed E-state index contributed by atoms with van der Waals surface area (Å²) < 4.78 is 1.28. The zero-order valence-electron chi connectivity index (χ0n) is 7.26. The summed E-state index contributed by atoms with van der Waals surface area (Å²) in [5, 5.41) is 0. The summed E-state index contributed by atoms with van der Waals surface area (Å²) in [7, 11) is 0. The fraction of sp³-hybridized carbons (Fsp3) is 0.400. The van der Waals surface area contributed by atoms with Gasteiger partial charge in [0, 0.05) is 9.61 Å². The van der Waals surface area contributed by atoms with Crippen LogP contribution in [-0.4, -0.2) is 6.04 Å². The van der Waals surface area contributed by atoms with Crippen LogP contribution in [0.4, 0.5) is 0 Å². The Hall–Kier alpha value is -0.0900. The maximum absolute atomic E-state index is 5.84. The third-order valence-corrected chi connectivity index (χ3v) is 2.65. The minimum absolute atomic E-state index is 0.310. The fourth-order valence-corrected chi connectivity index (χ4v) is 1.43. The summed E-state index contributed by atoms with van der Waals surface area (Å²) in [5.41, 5.74) is 7.18. The zero-order valence-corrected chi connectivity index (χ0v) is 9.41. The molecule has 1 nitrogen and oxygen atoms in total. The maximum atomic E-state index is 5.84. The number of benzene rings is 1. The second-order valence-electron chi connectivity index (χ2n) is 3.00. The van der Waals surface area contributed by atoms with Crippen LogP contribution in [0.3, 0.4) is 0 Å². The summed E-state index contributed by atoms with van der Waals surface area (Å²) in [5.74, 6) is 0. The van der Waals surface area contributed by atoms with E-state index in [0.29, 0.717) is 6.04 Å². The maximum Gasteiger partial charge on any atom is 0.0130 e. The molecule has 1 rings (SSSR count). The molecule has 2 heteroatoms. The van der Waals surface area contributed by atoms with E-state index >= 15 is 0 Å². The Morgan fingerprint density at radius 1 is 1.33 bits per heavy atom. The van der Waals surface area contributed by atoms with Gasteiger partial charge in [0.1, 0.15) is 0 Å². The molecule has 0 amide bonds. The Kier molecular flexibility index (Phi) is 4.01. The summed E-state index contributed by atoms with van der Waals surface area (Å²) >= 11 is 2.31. The minimum Gasteiger partial charge on any atom is -0.327 e. The van der Waals surface area contributed by atoms with E-state index < -0.39 is 0 Å². The second kappa shape index (κ2) is 4.82. The molecular formula is C10H14IN. The highest BCUT2D eigenvalue weighted by atomic mass is 127. The van der Waals surface area contributed by atoms with Gasteiger partial charge in [0.05, 0.1) is 0 Å². The lowest BCUT2D eigenvalue weighted by Crippen LogP contribution is -2.21. The Balaban J connectivity index is 2.58. The van der Waals surface area contributed by atoms with Gasteiger partial charge >= 0.3 is 0 Å². The van der Waals surface area contributed by atoms with Crippen LogP contribution in [0, 0.1) is 3.57 Å². The molecule has 0 saturated carbocycles. The topological polar surface area (TPSA) is 26.0 Å². The van der Waals surface area contributed by atoms with Crippen LogP contribution < -0.4 is 5.73 Å². The van der Waals surface area contributed by atoms with Crippen molar-refractivity contribution in [3.8, 4) is 0 Å². The molecule has 1 aromatic carbocycles. The predicted molar refractivity (Wildman–Crippen MR) is 61.1 cm³/mol. The number of hydrogen-bond acceptors (Lipinski definition) is 1. The second-order valence-corrected chi connectivity index (χ2v) is 4.24. The Morgan fingerprint density at radius 2 is 1.92 bits per heavy atom. The van der Waals surface area contributed by atoms with E-state index in [0.717, 1.165) is 12.8 Å². The minimum atomic E-state index is 0.310. The Bertz CT molecular complexity index is 230. The van der Waals surface area contributed by atoms with Crippen LogP contribution in [0.15, 0.2) is 24.3 Å². The molecule has 0 fully saturated rings. The number of rotatable bonds is 3. The molecule has 0 heterocycles. The van der Waals surface area contributed by atoms with E-state index in [2.05, 4.69) is 53.8 Å². The molecule has 0 radical (unpaired) electrons. The van der Waals surface area contributed by atoms with Crippen LogP contribution in [-0.2, 0) is 6.42 Å². The van der Waals surface area contributed by atoms with Crippen LogP contribution in [0.2, 0.25) is 0 Å². The van der Waals surface area contributed by atoms with Crippen molar-refractivity contribution in [3.63, 3.8) is 0 Å². The van der Waals surface area contributed by atoms with Crippen molar-refractivity contribution in [2.75, 3.05) is 0 Å². The molecule has 0 aliphatic carbocycles. The largest absolute Gasteiger partial charge is 0.327 e. The summed E-state index contributed by atoms with van der Waals surface area (Å²) in [6.07, 6.45) is 2.04. The molecule has 12 heavy (non-hydrogen) atoms. The van der Waals surface area contributed by atoms with Gasteiger partial charge in [-0.15, -0.1) is 0 Å². The van der Waals surface area contributed by atoms with Crippen LogP contribution in [0.1, 0.15) is 18.9 Å². The molecule has 0 aliphatic heterocycles. The van der Waals surface area contributed by atoms with Gasteiger partial charge in [-0.2, -0.15) is 0 Å². The molecule has 0 bridgehead atoms. The Morgan fingerprint density at radius 3 is 2.42 bits per heavy atom. The van der Waals surface area contributed by atoms with E-state index in [1.165, 1.54) is 9.13 Å². The van der Waals surface area contributed by atoms with Gasteiger partial charge in [-0.3, -0.25) is 0 Å². The van der Waals surface area contributed by atoms with Gasteiger partial charge in [-0.25, -0.2) is 0 Å². The molecular weight excluding hydrogens is 261 g/mol. The zero-order chi connectivity index (χ0) is 8.97. The van der Waals surface area contributed by atoms with Gasteiger partial charge in [0.25, 0.3) is 0 Å². The van der Waals surface area contributed by atoms with E-state index in [9.17, 15) is 0 Å². The van der Waals surface area contributed by atoms with Crippen molar-refractivity contribution >= 4 is 22.6 Å². The van der Waals surface area contributed by atoms with Crippen molar-refractivity contribution in [2.45, 2.75) is 25.8 Å². The van der Waals surface area contributed by atoms with Gasteiger partial charge < -0.3 is 5.73 Å². The van der Waals surface area contributed by atoms with Crippen molar-refractivity contribution in [1.82, 2.24) is 0 Å². The van der Waals surface area contributed by atoms with E-state index in [1.807, 2.05) is 0 Å². The van der Waals surface area contributed by atoms with E-state index in [4.69, 9.17) is 5.73 Å². The fourth-order valence-electron chi connectivity index (χ4n) is 1.07. The third kappa shape index (κ3) is 3.11. The average molecular weight is 275 g/mol.